The van der Waals surface area contributed by atoms with Gasteiger partial charge in [-0.15, -0.1) is 0 Å². The fourth-order valence-corrected chi connectivity index (χ4v) is 2.90. The quantitative estimate of drug-likeness (QED) is 0.506. The summed E-state index contributed by atoms with van der Waals surface area (Å²) in [5.41, 5.74) is 2.15. The number of aromatic carboxylic acids is 1. The summed E-state index contributed by atoms with van der Waals surface area (Å²) in [7, 11) is 0. The van der Waals surface area contributed by atoms with Crippen LogP contribution < -0.4 is 14.8 Å². The lowest BCUT2D eigenvalue weighted by Gasteiger charge is -2.13. The van der Waals surface area contributed by atoms with Gasteiger partial charge in [-0.1, -0.05) is 42.5 Å². The van der Waals surface area contributed by atoms with Crippen LogP contribution in [0, 0.1) is 0 Å². The van der Waals surface area contributed by atoms with Crippen LogP contribution in [0.4, 0.5) is 4.79 Å². The van der Waals surface area contributed by atoms with E-state index in [1.165, 1.54) is 30.3 Å². The molecule has 0 saturated carbocycles. The molecular formula is C23H19NO7. The van der Waals surface area contributed by atoms with Crippen molar-refractivity contribution in [1.82, 2.24) is 5.32 Å². The summed E-state index contributed by atoms with van der Waals surface area (Å²) in [5.74, 6) is -1.54. The van der Waals surface area contributed by atoms with Crippen molar-refractivity contribution in [2.75, 3.05) is 6.61 Å². The first-order valence-corrected chi connectivity index (χ1v) is 9.25. The van der Waals surface area contributed by atoms with E-state index in [0.29, 0.717) is 16.9 Å². The van der Waals surface area contributed by atoms with Crippen LogP contribution in [-0.2, 0) is 11.3 Å². The Bertz CT molecular complexity index is 1090. The molecule has 31 heavy (non-hydrogen) atoms. The SMILES string of the molecule is O=C(O)COc1ccc(OC(=O)NCc2ccccc2-c2ccccc2C(=O)O)cc1. The zero-order valence-electron chi connectivity index (χ0n) is 16.3. The Balaban J connectivity index is 1.65. The lowest BCUT2D eigenvalue weighted by Crippen LogP contribution is -2.26. The number of aliphatic carboxylic acids is 1. The predicted octanol–water partition coefficient (Wildman–Crippen LogP) is 3.80. The van der Waals surface area contributed by atoms with Gasteiger partial charge in [-0.05, 0) is 47.0 Å². The van der Waals surface area contributed by atoms with E-state index in [4.69, 9.17) is 14.6 Å². The molecule has 0 aliphatic carbocycles. The molecule has 1 amide bonds. The molecule has 0 heterocycles. The molecule has 158 valence electrons. The van der Waals surface area contributed by atoms with Crippen LogP contribution in [0.5, 0.6) is 11.5 Å². The van der Waals surface area contributed by atoms with Crippen molar-refractivity contribution in [3.05, 3.63) is 83.9 Å². The molecule has 3 aromatic carbocycles. The van der Waals surface area contributed by atoms with E-state index < -0.39 is 24.6 Å². The number of hydrogen-bond donors (Lipinski definition) is 3. The number of carbonyl (C=O) groups is 3. The molecular weight excluding hydrogens is 402 g/mol. The number of carboxylic acid groups (broad SMARTS) is 2. The molecule has 3 N–H and O–H groups in total. The van der Waals surface area contributed by atoms with Crippen LogP contribution in [0.25, 0.3) is 11.1 Å². The molecule has 8 heteroatoms. The van der Waals surface area contributed by atoms with Crippen molar-refractivity contribution in [3.8, 4) is 22.6 Å². The number of rotatable bonds is 8. The number of hydrogen-bond acceptors (Lipinski definition) is 5. The maximum atomic E-state index is 12.2. The van der Waals surface area contributed by atoms with Crippen LogP contribution in [0.15, 0.2) is 72.8 Å². The first-order chi connectivity index (χ1) is 14.9. The van der Waals surface area contributed by atoms with Crippen LogP contribution in [-0.4, -0.2) is 34.9 Å². The fraction of sp³-hybridized carbons (Fsp3) is 0.0870. The van der Waals surface area contributed by atoms with Crippen molar-refractivity contribution >= 4 is 18.0 Å². The van der Waals surface area contributed by atoms with Crippen molar-refractivity contribution in [2.24, 2.45) is 0 Å². The summed E-state index contributed by atoms with van der Waals surface area (Å²) < 4.78 is 10.2. The number of carboxylic acids is 2. The molecule has 0 spiro atoms. The molecule has 0 aliphatic heterocycles. The Morgan fingerprint density at radius 1 is 0.774 bits per heavy atom. The highest BCUT2D eigenvalue weighted by atomic mass is 16.6. The molecule has 0 unspecified atom stereocenters. The average molecular weight is 421 g/mol. The van der Waals surface area contributed by atoms with E-state index in [9.17, 15) is 19.5 Å². The monoisotopic (exact) mass is 421 g/mol. The van der Waals surface area contributed by atoms with Gasteiger partial charge in [0.15, 0.2) is 6.61 Å². The molecule has 3 aromatic rings. The van der Waals surface area contributed by atoms with Crippen LogP contribution in [0.3, 0.4) is 0 Å². The van der Waals surface area contributed by atoms with Gasteiger partial charge in [0, 0.05) is 6.54 Å². The van der Waals surface area contributed by atoms with Gasteiger partial charge in [0.25, 0.3) is 0 Å². The molecule has 8 nitrogen and oxygen atoms in total. The molecule has 0 bridgehead atoms. The Morgan fingerprint density at radius 3 is 2.06 bits per heavy atom. The third-order valence-corrected chi connectivity index (χ3v) is 4.28. The number of amides is 1. The molecule has 3 rings (SSSR count). The largest absolute Gasteiger partial charge is 0.482 e. The fourth-order valence-electron chi connectivity index (χ4n) is 2.90. The van der Waals surface area contributed by atoms with Gasteiger partial charge < -0.3 is 25.0 Å². The van der Waals surface area contributed by atoms with E-state index in [1.807, 2.05) is 0 Å². The van der Waals surface area contributed by atoms with Crippen molar-refractivity contribution in [3.63, 3.8) is 0 Å². The van der Waals surface area contributed by atoms with Gasteiger partial charge in [-0.25, -0.2) is 14.4 Å². The Labute approximate surface area is 177 Å². The second-order valence-corrected chi connectivity index (χ2v) is 6.40. The van der Waals surface area contributed by atoms with E-state index in [1.54, 1.807) is 42.5 Å². The maximum absolute atomic E-state index is 12.2. The Hall–Kier alpha value is -4.33. The smallest absolute Gasteiger partial charge is 0.412 e. The number of nitrogens with one attached hydrogen (secondary N) is 1. The zero-order chi connectivity index (χ0) is 22.2. The molecule has 0 aliphatic rings. The highest BCUT2D eigenvalue weighted by Crippen LogP contribution is 2.27. The van der Waals surface area contributed by atoms with E-state index in [0.717, 1.165) is 5.56 Å². The molecule has 0 fully saturated rings. The summed E-state index contributed by atoms with van der Waals surface area (Å²) in [6.07, 6.45) is -0.694. The van der Waals surface area contributed by atoms with Crippen LogP contribution in [0.1, 0.15) is 15.9 Å². The normalized spacial score (nSPS) is 10.2. The van der Waals surface area contributed by atoms with Crippen molar-refractivity contribution < 1.29 is 34.1 Å². The third kappa shape index (κ3) is 5.83. The summed E-state index contributed by atoms with van der Waals surface area (Å²) in [4.78, 5) is 34.2. The van der Waals surface area contributed by atoms with Crippen LogP contribution >= 0.6 is 0 Å². The highest BCUT2D eigenvalue weighted by molar-refractivity contribution is 5.96. The summed E-state index contributed by atoms with van der Waals surface area (Å²) in [6.45, 7) is -0.339. The van der Waals surface area contributed by atoms with Crippen molar-refractivity contribution in [2.45, 2.75) is 6.54 Å². The molecule has 0 atom stereocenters. The number of ether oxygens (including phenoxy) is 2. The highest BCUT2D eigenvalue weighted by Gasteiger charge is 2.14. The molecule has 0 saturated heterocycles. The van der Waals surface area contributed by atoms with Gasteiger partial charge in [0.1, 0.15) is 11.5 Å². The average Bonchev–Trinajstić information content (AvgIpc) is 2.77. The summed E-state index contributed by atoms with van der Waals surface area (Å²) in [6, 6.07) is 19.8. The first-order valence-electron chi connectivity index (χ1n) is 9.25. The second kappa shape index (κ2) is 9.93. The Kier molecular flexibility index (Phi) is 6.85. The van der Waals surface area contributed by atoms with Gasteiger partial charge in [0.05, 0.1) is 5.56 Å². The van der Waals surface area contributed by atoms with Crippen LogP contribution in [0.2, 0.25) is 0 Å². The van der Waals surface area contributed by atoms with Gasteiger partial charge in [0.2, 0.25) is 0 Å². The van der Waals surface area contributed by atoms with E-state index in [2.05, 4.69) is 5.32 Å². The minimum absolute atomic E-state index is 0.128. The first kappa shape index (κ1) is 21.4. The van der Waals surface area contributed by atoms with Gasteiger partial charge in [-0.2, -0.15) is 0 Å². The predicted molar refractivity (Wildman–Crippen MR) is 111 cm³/mol. The van der Waals surface area contributed by atoms with E-state index in [-0.39, 0.29) is 17.9 Å². The molecule has 0 radical (unpaired) electrons. The third-order valence-electron chi connectivity index (χ3n) is 4.28. The minimum Gasteiger partial charge on any atom is -0.482 e. The zero-order valence-corrected chi connectivity index (χ0v) is 16.3. The summed E-state index contributed by atoms with van der Waals surface area (Å²) in [5, 5.41) is 20.7. The lowest BCUT2D eigenvalue weighted by molar-refractivity contribution is -0.139. The topological polar surface area (TPSA) is 122 Å². The molecule has 0 aromatic heterocycles. The van der Waals surface area contributed by atoms with Gasteiger partial charge in [-0.3, -0.25) is 0 Å². The minimum atomic E-state index is -1.09. The summed E-state index contributed by atoms with van der Waals surface area (Å²) >= 11 is 0. The van der Waals surface area contributed by atoms with Gasteiger partial charge >= 0.3 is 18.0 Å². The Morgan fingerprint density at radius 2 is 1.39 bits per heavy atom. The number of carbonyl (C=O) groups excluding carboxylic acids is 1. The standard InChI is InChI=1S/C23H19NO7/c25-21(26)14-30-16-9-11-17(12-10-16)31-23(29)24-13-15-5-1-2-6-18(15)19-7-3-4-8-20(19)22(27)28/h1-12H,13-14H2,(H,24,29)(H,25,26)(H,27,28). The lowest BCUT2D eigenvalue weighted by atomic mass is 9.95. The van der Waals surface area contributed by atoms with E-state index >= 15 is 0 Å². The maximum Gasteiger partial charge on any atom is 0.412 e. The second-order valence-electron chi connectivity index (χ2n) is 6.40. The van der Waals surface area contributed by atoms with Crippen molar-refractivity contribution in [1.29, 1.82) is 0 Å². The number of benzene rings is 3.